The molecule has 1 saturated carbocycles. The van der Waals surface area contributed by atoms with E-state index < -0.39 is 5.97 Å². The van der Waals surface area contributed by atoms with Crippen LogP contribution in [0.5, 0.6) is 0 Å². The molecule has 5 heteroatoms. The molecule has 1 aromatic heterocycles. The second-order valence-electron chi connectivity index (χ2n) is 3.62. The van der Waals surface area contributed by atoms with E-state index in [0.717, 1.165) is 12.8 Å². The molecule has 0 atom stereocenters. The molecule has 1 fully saturated rings. The molecule has 0 aliphatic heterocycles. The molecule has 1 aliphatic rings. The molecule has 0 saturated heterocycles. The van der Waals surface area contributed by atoms with Gasteiger partial charge in [-0.3, -0.25) is 4.79 Å². The summed E-state index contributed by atoms with van der Waals surface area (Å²) < 4.78 is 4.78. The van der Waals surface area contributed by atoms with Crippen molar-refractivity contribution >= 4 is 11.9 Å². The third kappa shape index (κ3) is 2.37. The molecule has 2 N–H and O–H groups in total. The van der Waals surface area contributed by atoms with Gasteiger partial charge in [0.25, 0.3) is 0 Å². The monoisotopic (exact) mass is 209 g/mol. The highest BCUT2D eigenvalue weighted by atomic mass is 16.4. The number of carbonyl (C=O) groups excluding carboxylic acids is 1. The minimum Gasteiger partial charge on any atom is -0.475 e. The van der Waals surface area contributed by atoms with Gasteiger partial charge in [0, 0.05) is 18.0 Å². The van der Waals surface area contributed by atoms with Crippen LogP contribution in [0.15, 0.2) is 16.7 Å². The van der Waals surface area contributed by atoms with Crippen LogP contribution in [0, 0.1) is 5.92 Å². The number of furan rings is 1. The van der Waals surface area contributed by atoms with Crippen molar-refractivity contribution in [2.24, 2.45) is 5.92 Å². The molecule has 0 unspecified atom stereocenters. The highest BCUT2D eigenvalue weighted by Crippen LogP contribution is 2.28. The van der Waals surface area contributed by atoms with Crippen molar-refractivity contribution in [3.63, 3.8) is 0 Å². The van der Waals surface area contributed by atoms with Crippen LogP contribution in [-0.2, 0) is 11.3 Å². The maximum Gasteiger partial charge on any atom is 0.371 e. The highest BCUT2D eigenvalue weighted by molar-refractivity contribution is 5.84. The number of nitrogens with one attached hydrogen (secondary N) is 1. The summed E-state index contributed by atoms with van der Waals surface area (Å²) in [7, 11) is 0. The van der Waals surface area contributed by atoms with Crippen LogP contribution in [0.1, 0.15) is 29.0 Å². The van der Waals surface area contributed by atoms with E-state index in [4.69, 9.17) is 9.52 Å². The van der Waals surface area contributed by atoms with Crippen LogP contribution < -0.4 is 5.32 Å². The third-order valence-electron chi connectivity index (χ3n) is 2.28. The van der Waals surface area contributed by atoms with Crippen molar-refractivity contribution < 1.29 is 19.1 Å². The van der Waals surface area contributed by atoms with Crippen molar-refractivity contribution in [2.75, 3.05) is 0 Å². The first kappa shape index (κ1) is 9.76. The van der Waals surface area contributed by atoms with Crippen molar-refractivity contribution in [1.82, 2.24) is 5.32 Å². The molecule has 1 aromatic rings. The molecule has 1 heterocycles. The molecule has 0 aromatic carbocycles. The van der Waals surface area contributed by atoms with Crippen molar-refractivity contribution in [3.05, 3.63) is 23.7 Å². The number of amides is 1. The van der Waals surface area contributed by atoms with Crippen LogP contribution in [0.25, 0.3) is 0 Å². The zero-order valence-corrected chi connectivity index (χ0v) is 8.03. The van der Waals surface area contributed by atoms with Gasteiger partial charge in [-0.05, 0) is 18.9 Å². The number of hydrogen-bond donors (Lipinski definition) is 2. The van der Waals surface area contributed by atoms with Crippen molar-refractivity contribution in [3.8, 4) is 0 Å². The second kappa shape index (κ2) is 3.76. The molecule has 2 rings (SSSR count). The lowest BCUT2D eigenvalue weighted by atomic mass is 10.3. The van der Waals surface area contributed by atoms with E-state index in [0.29, 0.717) is 12.1 Å². The summed E-state index contributed by atoms with van der Waals surface area (Å²) in [5.74, 6) is -1.01. The first-order valence-electron chi connectivity index (χ1n) is 4.75. The largest absolute Gasteiger partial charge is 0.475 e. The summed E-state index contributed by atoms with van der Waals surface area (Å²) in [5, 5.41) is 11.3. The van der Waals surface area contributed by atoms with Gasteiger partial charge in [0.15, 0.2) is 0 Å². The average molecular weight is 209 g/mol. The predicted molar refractivity (Wildman–Crippen MR) is 50.2 cm³/mol. The van der Waals surface area contributed by atoms with Gasteiger partial charge in [0.1, 0.15) is 0 Å². The van der Waals surface area contributed by atoms with E-state index >= 15 is 0 Å². The van der Waals surface area contributed by atoms with Gasteiger partial charge in [-0.1, -0.05) is 0 Å². The quantitative estimate of drug-likeness (QED) is 0.775. The number of carboxylic acids is 1. The van der Waals surface area contributed by atoms with E-state index in [1.165, 1.54) is 12.3 Å². The number of aromatic carboxylic acids is 1. The molecule has 0 spiro atoms. The fraction of sp³-hybridized carbons (Fsp3) is 0.400. The Kier molecular flexibility index (Phi) is 2.45. The zero-order chi connectivity index (χ0) is 10.8. The Bertz CT molecular complexity index is 392. The maximum atomic E-state index is 11.3. The Labute approximate surface area is 86.1 Å². The lowest BCUT2D eigenvalue weighted by Crippen LogP contribution is -2.23. The van der Waals surface area contributed by atoms with Crippen LogP contribution in [0.4, 0.5) is 0 Å². The SMILES string of the molecule is O=C(O)c1cc(CNC(=O)C2CC2)co1. The van der Waals surface area contributed by atoms with Crippen LogP contribution in [0.2, 0.25) is 0 Å². The maximum absolute atomic E-state index is 11.3. The summed E-state index contributed by atoms with van der Waals surface area (Å²) in [4.78, 5) is 21.8. The van der Waals surface area contributed by atoms with Gasteiger partial charge in [-0.2, -0.15) is 0 Å². The average Bonchev–Trinajstić information content (AvgIpc) is 2.93. The van der Waals surface area contributed by atoms with E-state index in [-0.39, 0.29) is 17.6 Å². The summed E-state index contributed by atoms with van der Waals surface area (Å²) in [5.41, 5.74) is 0.668. The standard InChI is InChI=1S/C10H11NO4/c12-9(7-1-2-7)11-4-6-3-8(10(13)14)15-5-6/h3,5,7H,1-2,4H2,(H,11,12)(H,13,14). The molecule has 0 bridgehead atoms. The van der Waals surface area contributed by atoms with Gasteiger partial charge in [0.2, 0.25) is 11.7 Å². The molecular formula is C10H11NO4. The van der Waals surface area contributed by atoms with Crippen molar-refractivity contribution in [2.45, 2.75) is 19.4 Å². The molecule has 80 valence electrons. The number of carbonyl (C=O) groups is 2. The smallest absolute Gasteiger partial charge is 0.371 e. The lowest BCUT2D eigenvalue weighted by molar-refractivity contribution is -0.122. The Balaban J connectivity index is 1.87. The summed E-state index contributed by atoms with van der Waals surface area (Å²) in [6, 6.07) is 1.41. The predicted octanol–water partition coefficient (Wildman–Crippen LogP) is 1.00. The number of rotatable bonds is 4. The van der Waals surface area contributed by atoms with E-state index in [1.807, 2.05) is 0 Å². The van der Waals surface area contributed by atoms with Gasteiger partial charge >= 0.3 is 5.97 Å². The Hall–Kier alpha value is -1.78. The van der Waals surface area contributed by atoms with E-state index in [2.05, 4.69) is 5.32 Å². The van der Waals surface area contributed by atoms with Crippen molar-refractivity contribution in [1.29, 1.82) is 0 Å². The second-order valence-corrected chi connectivity index (χ2v) is 3.62. The molecule has 0 radical (unpaired) electrons. The minimum absolute atomic E-state index is 0.0353. The van der Waals surface area contributed by atoms with Gasteiger partial charge < -0.3 is 14.8 Å². The Morgan fingerprint density at radius 2 is 2.27 bits per heavy atom. The fourth-order valence-electron chi connectivity index (χ4n) is 1.26. The lowest BCUT2D eigenvalue weighted by Gasteiger charge is -2.00. The summed E-state index contributed by atoms with van der Waals surface area (Å²) in [6.45, 7) is 0.326. The number of carboxylic acid groups (broad SMARTS) is 1. The molecule has 15 heavy (non-hydrogen) atoms. The van der Waals surface area contributed by atoms with Crippen LogP contribution in [0.3, 0.4) is 0 Å². The summed E-state index contributed by atoms with van der Waals surface area (Å²) in [6.07, 6.45) is 3.26. The van der Waals surface area contributed by atoms with E-state index in [1.54, 1.807) is 0 Å². The number of hydrogen-bond acceptors (Lipinski definition) is 3. The fourth-order valence-corrected chi connectivity index (χ4v) is 1.26. The third-order valence-corrected chi connectivity index (χ3v) is 2.28. The molecule has 1 aliphatic carbocycles. The Morgan fingerprint density at radius 3 is 2.80 bits per heavy atom. The minimum atomic E-state index is -1.10. The van der Waals surface area contributed by atoms with Crippen LogP contribution >= 0.6 is 0 Å². The molecule has 1 amide bonds. The normalized spacial score (nSPS) is 14.9. The zero-order valence-electron chi connectivity index (χ0n) is 8.03. The van der Waals surface area contributed by atoms with Crippen LogP contribution in [-0.4, -0.2) is 17.0 Å². The van der Waals surface area contributed by atoms with Gasteiger partial charge in [-0.25, -0.2) is 4.79 Å². The highest BCUT2D eigenvalue weighted by Gasteiger charge is 2.29. The molecular weight excluding hydrogens is 198 g/mol. The summed E-state index contributed by atoms with van der Waals surface area (Å²) >= 11 is 0. The topological polar surface area (TPSA) is 79.5 Å². The van der Waals surface area contributed by atoms with E-state index in [9.17, 15) is 9.59 Å². The van der Waals surface area contributed by atoms with Gasteiger partial charge in [-0.15, -0.1) is 0 Å². The first-order valence-corrected chi connectivity index (χ1v) is 4.75. The molecule has 5 nitrogen and oxygen atoms in total. The Morgan fingerprint density at radius 1 is 1.53 bits per heavy atom. The van der Waals surface area contributed by atoms with Gasteiger partial charge in [0.05, 0.1) is 6.26 Å². The first-order chi connectivity index (χ1) is 7.16.